The van der Waals surface area contributed by atoms with Crippen molar-refractivity contribution < 1.29 is 13.9 Å². The Hall–Kier alpha value is -2.21. The minimum Gasteiger partial charge on any atom is -0.483 e. The average Bonchev–Trinajstić information content (AvgIpc) is 3.28. The number of rotatable bonds is 7. The van der Waals surface area contributed by atoms with Gasteiger partial charge in [0.1, 0.15) is 18.1 Å². The lowest BCUT2D eigenvalue weighted by Gasteiger charge is -2.08. The van der Waals surface area contributed by atoms with Crippen LogP contribution in [0.15, 0.2) is 47.2 Å². The molecule has 0 saturated carbocycles. The Balaban J connectivity index is 1.62. The second kappa shape index (κ2) is 8.65. The molecule has 0 atom stereocenters. The Kier molecular flexibility index (Phi) is 6.26. The second-order valence-electron chi connectivity index (χ2n) is 5.57. The Bertz CT molecular complexity index is 969. The van der Waals surface area contributed by atoms with E-state index in [9.17, 15) is 4.79 Å². The highest BCUT2D eigenvalue weighted by atomic mass is 35.5. The van der Waals surface area contributed by atoms with Gasteiger partial charge >= 0.3 is 0 Å². The number of ketones is 1. The lowest BCUT2D eigenvalue weighted by molar-refractivity contribution is 0.104. The van der Waals surface area contributed by atoms with Crippen LogP contribution in [0.5, 0.6) is 5.75 Å². The number of benzene rings is 1. The van der Waals surface area contributed by atoms with Crippen LogP contribution < -0.4 is 4.74 Å². The second-order valence-corrected chi connectivity index (χ2v) is 6.82. The molecule has 0 radical (unpaired) electrons. The lowest BCUT2D eigenvalue weighted by Crippen LogP contribution is -1.95. The average molecular weight is 426 g/mol. The summed E-state index contributed by atoms with van der Waals surface area (Å²) in [6, 6.07) is 6.58. The zero-order chi connectivity index (χ0) is 19.4. The quantitative estimate of drug-likeness (QED) is 0.348. The first kappa shape index (κ1) is 19.5. The molecule has 5 nitrogen and oxygen atoms in total. The van der Waals surface area contributed by atoms with E-state index in [4.69, 9.17) is 44.0 Å². The third-order valence-corrected chi connectivity index (χ3v) is 4.42. The summed E-state index contributed by atoms with van der Waals surface area (Å²) in [5, 5.41) is 5.14. The van der Waals surface area contributed by atoms with E-state index < -0.39 is 0 Å². The summed E-state index contributed by atoms with van der Waals surface area (Å²) in [5.41, 5.74) is 0.523. The molecule has 0 fully saturated rings. The van der Waals surface area contributed by atoms with Gasteiger partial charge < -0.3 is 9.15 Å². The van der Waals surface area contributed by atoms with Gasteiger partial charge in [0.15, 0.2) is 11.5 Å². The molecule has 0 aliphatic heterocycles. The van der Waals surface area contributed by atoms with Crippen molar-refractivity contribution in [2.75, 3.05) is 0 Å². The van der Waals surface area contributed by atoms with Gasteiger partial charge in [-0.25, -0.2) is 0 Å². The van der Waals surface area contributed by atoms with Gasteiger partial charge in [0, 0.05) is 17.8 Å². The minimum absolute atomic E-state index is 0.131. The maximum absolute atomic E-state index is 12.1. The van der Waals surface area contributed by atoms with Gasteiger partial charge in [0.25, 0.3) is 0 Å². The number of halogens is 3. The summed E-state index contributed by atoms with van der Waals surface area (Å²) in [7, 11) is 0. The summed E-state index contributed by atoms with van der Waals surface area (Å²) in [6.45, 7) is 2.79. The topological polar surface area (TPSA) is 57.3 Å². The zero-order valence-electron chi connectivity index (χ0n) is 14.3. The number of aromatic nitrogens is 2. The number of aryl methyl sites for hydroxylation is 1. The maximum atomic E-state index is 12.1. The van der Waals surface area contributed by atoms with Gasteiger partial charge in [-0.05, 0) is 43.3 Å². The summed E-state index contributed by atoms with van der Waals surface area (Å²) in [4.78, 5) is 12.1. The van der Waals surface area contributed by atoms with Crippen molar-refractivity contribution in [1.29, 1.82) is 0 Å². The van der Waals surface area contributed by atoms with Crippen LogP contribution in [0.3, 0.4) is 0 Å². The van der Waals surface area contributed by atoms with Crippen LogP contribution in [0, 0.1) is 0 Å². The largest absolute Gasteiger partial charge is 0.483 e. The normalized spacial score (nSPS) is 11.3. The summed E-state index contributed by atoms with van der Waals surface area (Å²) in [5.74, 6) is 1.27. The Morgan fingerprint density at radius 3 is 2.67 bits per heavy atom. The molecule has 3 rings (SSSR count). The Labute approximate surface area is 171 Å². The van der Waals surface area contributed by atoms with E-state index in [1.165, 1.54) is 12.3 Å². The highest BCUT2D eigenvalue weighted by molar-refractivity contribution is 6.40. The number of carbonyl (C=O) groups is 1. The van der Waals surface area contributed by atoms with E-state index in [0.717, 1.165) is 0 Å². The van der Waals surface area contributed by atoms with Crippen LogP contribution in [0.25, 0.3) is 6.08 Å². The van der Waals surface area contributed by atoms with Crippen molar-refractivity contribution in [2.24, 2.45) is 0 Å². The molecule has 8 heteroatoms. The van der Waals surface area contributed by atoms with Crippen molar-refractivity contribution in [2.45, 2.75) is 20.1 Å². The number of hydrogen-bond donors (Lipinski definition) is 0. The fourth-order valence-corrected chi connectivity index (χ4v) is 3.22. The van der Waals surface area contributed by atoms with Crippen molar-refractivity contribution >= 4 is 46.7 Å². The van der Waals surface area contributed by atoms with Crippen LogP contribution in [0.1, 0.15) is 28.8 Å². The maximum Gasteiger partial charge on any atom is 0.189 e. The number of hydrogen-bond acceptors (Lipinski definition) is 4. The number of carbonyl (C=O) groups excluding carboxylic acids is 1. The van der Waals surface area contributed by atoms with Gasteiger partial charge in [-0.1, -0.05) is 34.8 Å². The molecular weight excluding hydrogens is 411 g/mol. The van der Waals surface area contributed by atoms with Crippen LogP contribution >= 0.6 is 34.8 Å². The smallest absolute Gasteiger partial charge is 0.189 e. The van der Waals surface area contributed by atoms with E-state index in [2.05, 4.69) is 5.10 Å². The molecule has 0 bridgehead atoms. The summed E-state index contributed by atoms with van der Waals surface area (Å²) >= 11 is 18.0. The van der Waals surface area contributed by atoms with Gasteiger partial charge in [-0.2, -0.15) is 5.10 Å². The highest BCUT2D eigenvalue weighted by Gasteiger charge is 2.11. The fourth-order valence-electron chi connectivity index (χ4n) is 2.29. The predicted octanol–water partition coefficient (Wildman–Crippen LogP) is 5.93. The Morgan fingerprint density at radius 2 is 2.00 bits per heavy atom. The summed E-state index contributed by atoms with van der Waals surface area (Å²) in [6.07, 6.45) is 6.27. The molecule has 140 valence electrons. The van der Waals surface area contributed by atoms with Crippen molar-refractivity contribution in [3.63, 3.8) is 0 Å². The molecule has 0 saturated heterocycles. The molecular formula is C19H15Cl3N2O3. The highest BCUT2D eigenvalue weighted by Crippen LogP contribution is 2.36. The standard InChI is InChI=1S/C19H15Cl3N2O3/c1-2-24-10-12(9-23-24)18(25)6-5-14-3-4-15(27-14)11-26-19-16(21)7-13(20)8-17(19)22/h3-10H,2,11H2,1H3/b6-5+. The van der Waals surface area contributed by atoms with E-state index in [1.807, 2.05) is 6.92 Å². The van der Waals surface area contributed by atoms with Gasteiger partial charge in [-0.15, -0.1) is 0 Å². The minimum atomic E-state index is -0.149. The fraction of sp³-hybridized carbons (Fsp3) is 0.158. The molecule has 0 amide bonds. The van der Waals surface area contributed by atoms with Crippen molar-refractivity contribution in [1.82, 2.24) is 9.78 Å². The van der Waals surface area contributed by atoms with Gasteiger partial charge in [0.2, 0.25) is 0 Å². The van der Waals surface area contributed by atoms with Gasteiger partial charge in [0.05, 0.1) is 21.8 Å². The molecule has 27 heavy (non-hydrogen) atoms. The predicted molar refractivity (Wildman–Crippen MR) is 106 cm³/mol. The SMILES string of the molecule is CCn1cc(C(=O)/C=C/c2ccc(COc3c(Cl)cc(Cl)cc3Cl)o2)cn1. The first-order valence-electron chi connectivity index (χ1n) is 8.07. The van der Waals surface area contributed by atoms with Crippen molar-refractivity contribution in [3.05, 3.63) is 74.9 Å². The molecule has 1 aromatic carbocycles. The molecule has 0 spiro atoms. The monoisotopic (exact) mass is 424 g/mol. The van der Waals surface area contributed by atoms with Crippen LogP contribution in [0.2, 0.25) is 15.1 Å². The molecule has 0 aliphatic rings. The number of furan rings is 1. The van der Waals surface area contributed by atoms with Crippen molar-refractivity contribution in [3.8, 4) is 5.75 Å². The van der Waals surface area contributed by atoms with Gasteiger partial charge in [-0.3, -0.25) is 9.48 Å². The Morgan fingerprint density at radius 1 is 1.26 bits per heavy atom. The summed E-state index contributed by atoms with van der Waals surface area (Å²) < 4.78 is 12.9. The molecule has 2 aromatic heterocycles. The van der Waals surface area contributed by atoms with E-state index in [-0.39, 0.29) is 12.4 Å². The third kappa shape index (κ3) is 4.95. The molecule has 3 aromatic rings. The van der Waals surface area contributed by atoms with E-state index in [1.54, 1.807) is 41.2 Å². The zero-order valence-corrected chi connectivity index (χ0v) is 16.6. The van der Waals surface area contributed by atoms with Crippen LogP contribution in [-0.2, 0) is 13.2 Å². The van der Waals surface area contributed by atoms with Crippen LogP contribution in [-0.4, -0.2) is 15.6 Å². The molecule has 0 N–H and O–H groups in total. The molecule has 0 aliphatic carbocycles. The lowest BCUT2D eigenvalue weighted by atomic mass is 10.2. The first-order valence-corrected chi connectivity index (χ1v) is 9.20. The number of allylic oxidation sites excluding steroid dienone is 1. The van der Waals surface area contributed by atoms with E-state index in [0.29, 0.717) is 44.4 Å². The first-order chi connectivity index (χ1) is 13.0. The van der Waals surface area contributed by atoms with Crippen LogP contribution in [0.4, 0.5) is 0 Å². The van der Waals surface area contributed by atoms with E-state index >= 15 is 0 Å². The third-order valence-electron chi connectivity index (χ3n) is 3.64. The number of ether oxygens (including phenoxy) is 1. The molecule has 2 heterocycles. The molecule has 0 unspecified atom stereocenters. The number of nitrogens with zero attached hydrogens (tertiary/aromatic N) is 2.